The van der Waals surface area contributed by atoms with Gasteiger partial charge in [0.2, 0.25) is 11.5 Å². The number of ether oxygens (including phenoxy) is 1. The first-order chi connectivity index (χ1) is 14.0. The van der Waals surface area contributed by atoms with E-state index in [1.165, 1.54) is 29.7 Å². The second-order valence-electron chi connectivity index (χ2n) is 6.13. The Morgan fingerprint density at radius 1 is 1.21 bits per heavy atom. The summed E-state index contributed by atoms with van der Waals surface area (Å²) in [5, 5.41) is 7.62. The molecule has 3 rings (SSSR count). The molecule has 0 bridgehead atoms. The lowest BCUT2D eigenvalue weighted by molar-refractivity contribution is -0.120. The molecule has 0 aliphatic heterocycles. The van der Waals surface area contributed by atoms with Crippen LogP contribution in [-0.2, 0) is 17.6 Å². The number of carbonyl (C=O) groups is 2. The number of carbonyl (C=O) groups excluding carboxylic acids is 2. The fourth-order valence-corrected chi connectivity index (χ4v) is 3.35. The molecule has 0 aliphatic carbocycles. The number of nitrogens with one attached hydrogen (secondary N) is 3. The van der Waals surface area contributed by atoms with Crippen LogP contribution in [0, 0.1) is 0 Å². The molecule has 9 heteroatoms. The normalized spacial score (nSPS) is 10.4. The molecule has 150 valence electrons. The summed E-state index contributed by atoms with van der Waals surface area (Å²) in [6.45, 7) is 0.485. The van der Waals surface area contributed by atoms with Crippen LogP contribution >= 0.6 is 11.3 Å². The van der Waals surface area contributed by atoms with E-state index in [9.17, 15) is 14.4 Å². The molecule has 0 fully saturated rings. The first-order valence-corrected chi connectivity index (χ1v) is 9.76. The molecular weight excluding hydrogens is 392 g/mol. The molecule has 3 aromatic rings. The Hall–Kier alpha value is -3.46. The van der Waals surface area contributed by atoms with Gasteiger partial charge in [0.15, 0.2) is 5.13 Å². The molecule has 0 aliphatic rings. The summed E-state index contributed by atoms with van der Waals surface area (Å²) in [5.41, 5.74) is 1.63. The molecule has 0 unspecified atom stereocenters. The minimum Gasteiger partial charge on any atom is -0.496 e. The van der Waals surface area contributed by atoms with Crippen molar-refractivity contribution < 1.29 is 14.3 Å². The van der Waals surface area contributed by atoms with Crippen molar-refractivity contribution in [3.63, 3.8) is 0 Å². The zero-order valence-electron chi connectivity index (χ0n) is 15.7. The Bertz CT molecular complexity index is 1040. The van der Waals surface area contributed by atoms with E-state index in [4.69, 9.17) is 4.74 Å². The highest BCUT2D eigenvalue weighted by Gasteiger charge is 2.11. The van der Waals surface area contributed by atoms with Gasteiger partial charge in [-0.05, 0) is 24.1 Å². The fourth-order valence-electron chi connectivity index (χ4n) is 2.64. The number of aromatic nitrogens is 2. The van der Waals surface area contributed by atoms with Gasteiger partial charge in [-0.2, -0.15) is 0 Å². The van der Waals surface area contributed by atoms with Crippen molar-refractivity contribution in [2.75, 3.05) is 19.0 Å². The van der Waals surface area contributed by atoms with Gasteiger partial charge in [0.05, 0.1) is 24.8 Å². The third kappa shape index (κ3) is 5.76. The number of H-pyrrole nitrogens is 1. The van der Waals surface area contributed by atoms with Gasteiger partial charge in [0.1, 0.15) is 5.75 Å². The Morgan fingerprint density at radius 2 is 2.03 bits per heavy atom. The van der Waals surface area contributed by atoms with Crippen LogP contribution in [-0.4, -0.2) is 35.4 Å². The number of rotatable bonds is 8. The van der Waals surface area contributed by atoms with Crippen molar-refractivity contribution in [1.82, 2.24) is 15.3 Å². The summed E-state index contributed by atoms with van der Waals surface area (Å²) in [4.78, 5) is 42.0. The van der Waals surface area contributed by atoms with E-state index >= 15 is 0 Å². The number of hydrogen-bond acceptors (Lipinski definition) is 6. The van der Waals surface area contributed by atoms with Crippen LogP contribution in [0.2, 0.25) is 0 Å². The lowest BCUT2D eigenvalue weighted by Crippen LogP contribution is -2.27. The van der Waals surface area contributed by atoms with Crippen molar-refractivity contribution in [3.05, 3.63) is 75.1 Å². The smallest absolute Gasteiger partial charge is 0.258 e. The molecule has 3 N–H and O–H groups in total. The van der Waals surface area contributed by atoms with E-state index in [0.717, 1.165) is 11.3 Å². The average molecular weight is 412 g/mol. The van der Waals surface area contributed by atoms with E-state index in [1.54, 1.807) is 12.5 Å². The molecule has 2 amide bonds. The summed E-state index contributed by atoms with van der Waals surface area (Å²) in [6.07, 6.45) is 2.12. The fraction of sp³-hybridized carbons (Fsp3) is 0.200. The molecule has 0 radical (unpaired) electrons. The molecular formula is C20H20N4O4S. The maximum absolute atomic E-state index is 12.1. The molecule has 1 aromatic carbocycles. The van der Waals surface area contributed by atoms with Crippen LogP contribution in [0.5, 0.6) is 5.75 Å². The second kappa shape index (κ2) is 9.65. The van der Waals surface area contributed by atoms with Crippen molar-refractivity contribution in [2.45, 2.75) is 12.8 Å². The SMILES string of the molecule is COc1ccccc1CCNC(=O)Cc1csc(NC(=O)c2ccc(=O)[nH]c2)n1. The van der Waals surface area contributed by atoms with Gasteiger partial charge in [0.25, 0.3) is 5.91 Å². The number of benzene rings is 1. The van der Waals surface area contributed by atoms with Crippen molar-refractivity contribution in [1.29, 1.82) is 0 Å². The van der Waals surface area contributed by atoms with Crippen molar-refractivity contribution in [3.8, 4) is 5.75 Å². The van der Waals surface area contributed by atoms with E-state index in [2.05, 4.69) is 20.6 Å². The Labute approximate surface area is 171 Å². The highest BCUT2D eigenvalue weighted by atomic mass is 32.1. The van der Waals surface area contributed by atoms with Gasteiger partial charge in [0, 0.05) is 24.2 Å². The van der Waals surface area contributed by atoms with Crippen LogP contribution in [0.4, 0.5) is 5.13 Å². The Morgan fingerprint density at radius 3 is 2.79 bits per heavy atom. The van der Waals surface area contributed by atoms with E-state index < -0.39 is 0 Å². The number of hydrogen-bond donors (Lipinski definition) is 3. The van der Waals surface area contributed by atoms with Gasteiger partial charge in [-0.1, -0.05) is 18.2 Å². The quantitative estimate of drug-likeness (QED) is 0.524. The highest BCUT2D eigenvalue weighted by molar-refractivity contribution is 7.14. The predicted octanol–water partition coefficient (Wildman–Crippen LogP) is 1.99. The van der Waals surface area contributed by atoms with E-state index in [0.29, 0.717) is 29.4 Å². The molecule has 0 atom stereocenters. The van der Waals surface area contributed by atoms with Crippen LogP contribution < -0.4 is 20.9 Å². The molecule has 0 saturated heterocycles. The summed E-state index contributed by atoms with van der Waals surface area (Å²) in [5.74, 6) is 0.260. The average Bonchev–Trinajstić information content (AvgIpc) is 3.15. The lowest BCUT2D eigenvalue weighted by atomic mass is 10.1. The first-order valence-electron chi connectivity index (χ1n) is 8.88. The van der Waals surface area contributed by atoms with Crippen LogP contribution in [0.15, 0.2) is 52.8 Å². The van der Waals surface area contributed by atoms with Crippen molar-refractivity contribution >= 4 is 28.3 Å². The molecule has 2 aromatic heterocycles. The number of methoxy groups -OCH3 is 1. The number of nitrogens with zero attached hydrogens (tertiary/aromatic N) is 1. The largest absolute Gasteiger partial charge is 0.496 e. The van der Waals surface area contributed by atoms with Crippen LogP contribution in [0.1, 0.15) is 21.6 Å². The number of aromatic amines is 1. The van der Waals surface area contributed by atoms with Gasteiger partial charge in [-0.25, -0.2) is 4.98 Å². The van der Waals surface area contributed by atoms with Crippen LogP contribution in [0.3, 0.4) is 0 Å². The summed E-state index contributed by atoms with van der Waals surface area (Å²) in [6, 6.07) is 10.4. The summed E-state index contributed by atoms with van der Waals surface area (Å²) < 4.78 is 5.30. The minimum absolute atomic E-state index is 0.122. The zero-order valence-corrected chi connectivity index (χ0v) is 16.5. The number of pyridine rings is 1. The number of anilines is 1. The summed E-state index contributed by atoms with van der Waals surface area (Å²) in [7, 11) is 1.62. The third-order valence-corrected chi connectivity index (χ3v) is 4.88. The second-order valence-corrected chi connectivity index (χ2v) is 6.99. The summed E-state index contributed by atoms with van der Waals surface area (Å²) >= 11 is 1.23. The topological polar surface area (TPSA) is 113 Å². The molecule has 8 nitrogen and oxygen atoms in total. The predicted molar refractivity (Wildman–Crippen MR) is 111 cm³/mol. The molecule has 29 heavy (non-hydrogen) atoms. The number of thiazole rings is 1. The molecule has 2 heterocycles. The van der Waals surface area contributed by atoms with Gasteiger partial charge >= 0.3 is 0 Å². The van der Waals surface area contributed by atoms with Gasteiger partial charge < -0.3 is 15.0 Å². The lowest BCUT2D eigenvalue weighted by Gasteiger charge is -2.08. The van der Waals surface area contributed by atoms with Crippen molar-refractivity contribution in [2.24, 2.45) is 0 Å². The monoisotopic (exact) mass is 412 g/mol. The maximum atomic E-state index is 12.1. The minimum atomic E-state index is -0.386. The zero-order chi connectivity index (χ0) is 20.6. The molecule has 0 saturated carbocycles. The number of para-hydroxylation sites is 1. The van der Waals surface area contributed by atoms with Gasteiger partial charge in [-0.3, -0.25) is 19.7 Å². The molecule has 0 spiro atoms. The first kappa shape index (κ1) is 20.3. The van der Waals surface area contributed by atoms with E-state index in [-0.39, 0.29) is 23.8 Å². The Balaban J connectivity index is 1.48. The standard InChI is InChI=1S/C20H20N4O4S/c1-28-16-5-3-2-4-13(16)8-9-21-18(26)10-15-12-29-20(23-15)24-19(27)14-6-7-17(25)22-11-14/h2-7,11-12H,8-10H2,1H3,(H,21,26)(H,22,25)(H,23,24,27). The Kier molecular flexibility index (Phi) is 6.75. The van der Waals surface area contributed by atoms with Crippen LogP contribution in [0.25, 0.3) is 0 Å². The number of amides is 2. The van der Waals surface area contributed by atoms with Gasteiger partial charge in [-0.15, -0.1) is 11.3 Å². The third-order valence-electron chi connectivity index (χ3n) is 4.07. The maximum Gasteiger partial charge on any atom is 0.258 e. The highest BCUT2D eigenvalue weighted by Crippen LogP contribution is 2.18. The van der Waals surface area contributed by atoms with E-state index in [1.807, 2.05) is 24.3 Å².